The number of ether oxygens (including phenoxy) is 1. The van der Waals surface area contributed by atoms with Crippen LogP contribution in [0, 0.1) is 5.92 Å². The van der Waals surface area contributed by atoms with Gasteiger partial charge in [-0.3, -0.25) is 4.79 Å². The van der Waals surface area contributed by atoms with Crippen LogP contribution in [0.3, 0.4) is 0 Å². The summed E-state index contributed by atoms with van der Waals surface area (Å²) < 4.78 is 6.20. The fourth-order valence-corrected chi connectivity index (χ4v) is 5.54. The van der Waals surface area contributed by atoms with Crippen LogP contribution < -0.4 is 0 Å². The molecular formula is C31H40O2. The van der Waals surface area contributed by atoms with Gasteiger partial charge in [-0.05, 0) is 67.2 Å². The molecule has 2 aliphatic carbocycles. The zero-order chi connectivity index (χ0) is 22.7. The Bertz CT molecular complexity index is 872. The van der Waals surface area contributed by atoms with E-state index >= 15 is 0 Å². The molecule has 2 nitrogen and oxygen atoms in total. The third kappa shape index (κ3) is 7.06. The van der Waals surface area contributed by atoms with Gasteiger partial charge >= 0.3 is 5.97 Å². The first kappa shape index (κ1) is 23.8. The van der Waals surface area contributed by atoms with Gasteiger partial charge in [-0.2, -0.15) is 0 Å². The fourth-order valence-electron chi connectivity index (χ4n) is 5.54. The van der Waals surface area contributed by atoms with Crippen molar-refractivity contribution in [2.75, 3.05) is 0 Å². The highest BCUT2D eigenvalue weighted by atomic mass is 16.5. The largest absolute Gasteiger partial charge is 0.462 e. The maximum absolute atomic E-state index is 13.3. The Hall–Kier alpha value is -2.35. The van der Waals surface area contributed by atoms with Gasteiger partial charge in [0.1, 0.15) is 6.10 Å². The molecule has 2 aromatic rings. The highest BCUT2D eigenvalue weighted by Gasteiger charge is 2.30. The molecule has 33 heavy (non-hydrogen) atoms. The van der Waals surface area contributed by atoms with Gasteiger partial charge < -0.3 is 4.74 Å². The third-order valence-electron chi connectivity index (χ3n) is 7.47. The summed E-state index contributed by atoms with van der Waals surface area (Å²) in [6.45, 7) is 0. The molecule has 1 saturated carbocycles. The summed E-state index contributed by atoms with van der Waals surface area (Å²) in [6, 6.07) is 21.3. The van der Waals surface area contributed by atoms with Gasteiger partial charge in [0.05, 0.1) is 5.92 Å². The first-order valence-corrected chi connectivity index (χ1v) is 13.3. The van der Waals surface area contributed by atoms with Crippen LogP contribution in [0.15, 0.2) is 60.7 Å². The molecule has 2 heteroatoms. The van der Waals surface area contributed by atoms with E-state index in [-0.39, 0.29) is 18.0 Å². The second kappa shape index (κ2) is 12.8. The minimum atomic E-state index is -0.0333. The molecule has 0 spiro atoms. The molecular weight excluding hydrogens is 404 g/mol. The molecule has 0 aliphatic heterocycles. The third-order valence-corrected chi connectivity index (χ3v) is 7.47. The van der Waals surface area contributed by atoms with Crippen LogP contribution in [-0.2, 0) is 9.53 Å². The molecule has 0 bridgehead atoms. The van der Waals surface area contributed by atoms with E-state index in [1.807, 2.05) is 0 Å². The van der Waals surface area contributed by atoms with E-state index < -0.39 is 0 Å². The predicted octanol–water partition coefficient (Wildman–Crippen LogP) is 8.61. The Labute approximate surface area is 200 Å². The van der Waals surface area contributed by atoms with Crippen molar-refractivity contribution >= 4 is 17.1 Å². The summed E-state index contributed by atoms with van der Waals surface area (Å²) in [6.07, 6.45) is 16.5. The zero-order valence-corrected chi connectivity index (χ0v) is 20.1. The second-order valence-electron chi connectivity index (χ2n) is 9.95. The number of hydrogen-bond donors (Lipinski definition) is 0. The second-order valence-corrected chi connectivity index (χ2v) is 9.95. The highest BCUT2D eigenvalue weighted by Crippen LogP contribution is 2.41. The fraction of sp³-hybridized carbons (Fsp3) is 0.516. The van der Waals surface area contributed by atoms with Crippen LogP contribution in [0.2, 0.25) is 0 Å². The van der Waals surface area contributed by atoms with Gasteiger partial charge in [0.15, 0.2) is 0 Å². The Kier molecular flexibility index (Phi) is 9.21. The van der Waals surface area contributed by atoms with Gasteiger partial charge in [0.2, 0.25) is 0 Å². The first-order valence-electron chi connectivity index (χ1n) is 13.3. The SMILES string of the molecule is O=C(OC1CCCCCCCCCCC1)C1CCC(c2ccccc2)=C(c2ccccc2)C1. The maximum atomic E-state index is 13.3. The van der Waals surface area contributed by atoms with Gasteiger partial charge in [0.25, 0.3) is 0 Å². The molecule has 0 amide bonds. The van der Waals surface area contributed by atoms with Crippen molar-refractivity contribution < 1.29 is 9.53 Å². The summed E-state index contributed by atoms with van der Waals surface area (Å²) >= 11 is 0. The van der Waals surface area contributed by atoms with Gasteiger partial charge in [-0.1, -0.05) is 106 Å². The van der Waals surface area contributed by atoms with E-state index in [4.69, 9.17) is 4.74 Å². The molecule has 0 saturated heterocycles. The lowest BCUT2D eigenvalue weighted by Crippen LogP contribution is -2.26. The van der Waals surface area contributed by atoms with Crippen LogP contribution >= 0.6 is 0 Å². The Balaban J connectivity index is 1.45. The standard InChI is InChI=1S/C31H40O2/c32-31(33-28-20-14-6-4-2-1-3-5-7-15-21-28)27-22-23-29(25-16-10-8-11-17-25)30(24-27)26-18-12-9-13-19-26/h8-13,16-19,27-28H,1-7,14-15,20-24H2. The molecule has 0 N–H and O–H groups in total. The van der Waals surface area contributed by atoms with E-state index in [0.717, 1.165) is 32.1 Å². The molecule has 2 aliphatic rings. The lowest BCUT2D eigenvalue weighted by atomic mass is 9.78. The number of esters is 1. The van der Waals surface area contributed by atoms with E-state index in [0.29, 0.717) is 0 Å². The Morgan fingerprint density at radius 3 is 1.64 bits per heavy atom. The quantitative estimate of drug-likeness (QED) is 0.441. The average molecular weight is 445 g/mol. The van der Waals surface area contributed by atoms with Gasteiger partial charge in [-0.25, -0.2) is 0 Å². The molecule has 1 unspecified atom stereocenters. The lowest BCUT2D eigenvalue weighted by molar-refractivity contribution is -0.155. The van der Waals surface area contributed by atoms with E-state index in [2.05, 4.69) is 60.7 Å². The topological polar surface area (TPSA) is 26.3 Å². The number of benzene rings is 2. The smallest absolute Gasteiger partial charge is 0.309 e. The maximum Gasteiger partial charge on any atom is 0.309 e. The molecule has 0 aromatic heterocycles. The summed E-state index contributed by atoms with van der Waals surface area (Å²) in [5.41, 5.74) is 5.22. The number of allylic oxidation sites excluding steroid dienone is 2. The Morgan fingerprint density at radius 2 is 1.09 bits per heavy atom. The van der Waals surface area contributed by atoms with Crippen molar-refractivity contribution in [1.82, 2.24) is 0 Å². The minimum Gasteiger partial charge on any atom is -0.462 e. The molecule has 0 radical (unpaired) electrons. The van der Waals surface area contributed by atoms with Crippen molar-refractivity contribution in [2.24, 2.45) is 5.92 Å². The number of hydrogen-bond acceptors (Lipinski definition) is 2. The summed E-state index contributed by atoms with van der Waals surface area (Å²) in [7, 11) is 0. The van der Waals surface area contributed by atoms with Crippen LogP contribution in [0.5, 0.6) is 0 Å². The molecule has 2 aromatic carbocycles. The average Bonchev–Trinajstić information content (AvgIpc) is 2.86. The van der Waals surface area contributed by atoms with Crippen LogP contribution in [-0.4, -0.2) is 12.1 Å². The molecule has 4 rings (SSSR count). The van der Waals surface area contributed by atoms with Crippen molar-refractivity contribution in [2.45, 2.75) is 96.0 Å². The summed E-state index contributed by atoms with van der Waals surface area (Å²) in [5.74, 6) is 0.00156. The van der Waals surface area contributed by atoms with E-state index in [9.17, 15) is 4.79 Å². The zero-order valence-electron chi connectivity index (χ0n) is 20.1. The van der Waals surface area contributed by atoms with Gasteiger partial charge in [0, 0.05) is 0 Å². The van der Waals surface area contributed by atoms with Crippen molar-refractivity contribution in [3.63, 3.8) is 0 Å². The summed E-state index contributed by atoms with van der Waals surface area (Å²) in [5, 5.41) is 0. The number of rotatable bonds is 4. The summed E-state index contributed by atoms with van der Waals surface area (Å²) in [4.78, 5) is 13.3. The van der Waals surface area contributed by atoms with Crippen LogP contribution in [0.4, 0.5) is 0 Å². The molecule has 1 fully saturated rings. The van der Waals surface area contributed by atoms with Crippen molar-refractivity contribution in [1.29, 1.82) is 0 Å². The minimum absolute atomic E-state index is 0.0333. The lowest BCUT2D eigenvalue weighted by Gasteiger charge is -2.28. The van der Waals surface area contributed by atoms with E-state index in [1.165, 1.54) is 80.1 Å². The van der Waals surface area contributed by atoms with Crippen molar-refractivity contribution in [3.05, 3.63) is 71.8 Å². The van der Waals surface area contributed by atoms with Crippen molar-refractivity contribution in [3.8, 4) is 0 Å². The monoisotopic (exact) mass is 444 g/mol. The Morgan fingerprint density at radius 1 is 0.606 bits per heavy atom. The van der Waals surface area contributed by atoms with E-state index in [1.54, 1.807) is 0 Å². The highest BCUT2D eigenvalue weighted by molar-refractivity contribution is 5.93. The molecule has 176 valence electrons. The van der Waals surface area contributed by atoms with Gasteiger partial charge in [-0.15, -0.1) is 0 Å². The first-order chi connectivity index (χ1) is 16.3. The van der Waals surface area contributed by atoms with Crippen LogP contribution in [0.25, 0.3) is 11.1 Å². The van der Waals surface area contributed by atoms with Crippen LogP contribution in [0.1, 0.15) is 101 Å². The number of carbonyl (C=O) groups is 1. The normalized spacial score (nSPS) is 21.6. The molecule has 0 heterocycles. The molecule has 1 atom stereocenters. The predicted molar refractivity (Wildman–Crippen MR) is 138 cm³/mol. The number of carbonyl (C=O) groups excluding carboxylic acids is 1.